The number of carbonyl (C=O) groups is 1. The van der Waals surface area contributed by atoms with Crippen LogP contribution < -0.4 is 10.9 Å². The first-order valence-electron chi connectivity index (χ1n) is 5.86. The normalized spacial score (nSPS) is 11.9. The summed E-state index contributed by atoms with van der Waals surface area (Å²) in [5.41, 5.74) is 0.367. The van der Waals surface area contributed by atoms with Crippen LogP contribution in [0.2, 0.25) is 0 Å². The third kappa shape index (κ3) is 3.04. The van der Waals surface area contributed by atoms with Gasteiger partial charge in [0.15, 0.2) is 0 Å². The van der Waals surface area contributed by atoms with Crippen molar-refractivity contribution in [2.24, 2.45) is 0 Å². The first-order chi connectivity index (χ1) is 9.08. The Bertz CT molecular complexity index is 637. The first kappa shape index (κ1) is 12.9. The predicted octanol–water partition coefficient (Wildman–Crippen LogP) is 1.15. The largest absolute Gasteiger partial charge is 0.309 e. The molecule has 98 valence electrons. The highest BCUT2D eigenvalue weighted by atomic mass is 16.2. The lowest BCUT2D eigenvalue weighted by Gasteiger charge is -2.13. The summed E-state index contributed by atoms with van der Waals surface area (Å²) in [6, 6.07) is 7.51. The second-order valence-electron chi connectivity index (χ2n) is 4.14. The van der Waals surface area contributed by atoms with Crippen LogP contribution in [0.25, 0.3) is 0 Å². The minimum atomic E-state index is -0.700. The maximum Gasteiger partial charge on any atom is 0.267 e. The molecule has 0 radical (unpaired) electrons. The van der Waals surface area contributed by atoms with Gasteiger partial charge in [-0.1, -0.05) is 6.07 Å². The molecular formula is C13H14N4O2. The van der Waals surface area contributed by atoms with Gasteiger partial charge in [0.1, 0.15) is 11.9 Å². The third-order valence-electron chi connectivity index (χ3n) is 2.62. The van der Waals surface area contributed by atoms with Crippen LogP contribution in [0.1, 0.15) is 18.7 Å². The van der Waals surface area contributed by atoms with Crippen molar-refractivity contribution in [1.29, 1.82) is 0 Å². The van der Waals surface area contributed by atoms with Crippen molar-refractivity contribution < 1.29 is 4.79 Å². The van der Waals surface area contributed by atoms with Crippen LogP contribution >= 0.6 is 0 Å². The molecule has 1 amide bonds. The average molecular weight is 258 g/mol. The Morgan fingerprint density at radius 2 is 2.11 bits per heavy atom. The fourth-order valence-electron chi connectivity index (χ4n) is 1.58. The Morgan fingerprint density at radius 3 is 2.79 bits per heavy atom. The maximum atomic E-state index is 12.0. The maximum absolute atomic E-state index is 12.0. The van der Waals surface area contributed by atoms with Crippen molar-refractivity contribution >= 4 is 11.7 Å². The highest BCUT2D eigenvalue weighted by molar-refractivity contribution is 5.92. The smallest absolute Gasteiger partial charge is 0.267 e. The van der Waals surface area contributed by atoms with Gasteiger partial charge >= 0.3 is 0 Å². The molecule has 0 aliphatic rings. The Hall–Kier alpha value is -2.50. The van der Waals surface area contributed by atoms with E-state index in [0.717, 1.165) is 4.68 Å². The number of carbonyl (C=O) groups excluding carboxylic acids is 1. The van der Waals surface area contributed by atoms with Crippen molar-refractivity contribution in [3.8, 4) is 0 Å². The van der Waals surface area contributed by atoms with Crippen LogP contribution in [0.3, 0.4) is 0 Å². The average Bonchev–Trinajstić information content (AvgIpc) is 2.42. The summed E-state index contributed by atoms with van der Waals surface area (Å²) >= 11 is 0. The third-order valence-corrected chi connectivity index (χ3v) is 2.62. The van der Waals surface area contributed by atoms with Crippen LogP contribution in [0, 0.1) is 6.92 Å². The topological polar surface area (TPSA) is 76.9 Å². The highest BCUT2D eigenvalue weighted by Gasteiger charge is 2.17. The van der Waals surface area contributed by atoms with Gasteiger partial charge in [0, 0.05) is 12.3 Å². The molecule has 19 heavy (non-hydrogen) atoms. The van der Waals surface area contributed by atoms with Gasteiger partial charge in [-0.2, -0.15) is 5.10 Å². The molecule has 2 rings (SSSR count). The number of aromatic nitrogens is 3. The fraction of sp³-hybridized carbons (Fsp3) is 0.231. The minimum absolute atomic E-state index is 0.311. The number of amides is 1. The van der Waals surface area contributed by atoms with Gasteiger partial charge < -0.3 is 5.32 Å². The molecule has 0 aliphatic carbocycles. The number of aryl methyl sites for hydroxylation is 1. The lowest BCUT2D eigenvalue weighted by atomic mass is 10.3. The lowest BCUT2D eigenvalue weighted by Crippen LogP contribution is -2.33. The molecule has 0 aliphatic heterocycles. The zero-order valence-corrected chi connectivity index (χ0v) is 10.7. The highest BCUT2D eigenvalue weighted by Crippen LogP contribution is 2.06. The van der Waals surface area contributed by atoms with Gasteiger partial charge in [-0.3, -0.25) is 9.59 Å². The predicted molar refractivity (Wildman–Crippen MR) is 70.8 cm³/mol. The summed E-state index contributed by atoms with van der Waals surface area (Å²) in [7, 11) is 0. The van der Waals surface area contributed by atoms with Gasteiger partial charge in [-0.05, 0) is 32.0 Å². The zero-order valence-electron chi connectivity index (χ0n) is 10.7. The van der Waals surface area contributed by atoms with Crippen LogP contribution in [0.5, 0.6) is 0 Å². The molecule has 1 N–H and O–H groups in total. The number of nitrogens with one attached hydrogen (secondary N) is 1. The molecule has 1 atom stereocenters. The molecule has 1 unspecified atom stereocenters. The van der Waals surface area contributed by atoms with E-state index in [2.05, 4.69) is 15.4 Å². The molecule has 6 heteroatoms. The second-order valence-corrected chi connectivity index (χ2v) is 4.14. The van der Waals surface area contributed by atoms with Crippen LogP contribution in [-0.2, 0) is 4.79 Å². The van der Waals surface area contributed by atoms with E-state index in [0.29, 0.717) is 11.5 Å². The summed E-state index contributed by atoms with van der Waals surface area (Å²) in [5, 5.41) is 6.70. The Kier molecular flexibility index (Phi) is 3.70. The number of hydrogen-bond donors (Lipinski definition) is 1. The molecule has 0 aromatic carbocycles. The standard InChI is InChI=1S/C13H14N4O2/c1-9-6-7-12(18)17(16-9)10(2)13(19)15-11-5-3-4-8-14-11/h3-8,10H,1-2H3,(H,14,15,19). The van der Waals surface area contributed by atoms with Crippen molar-refractivity contribution in [1.82, 2.24) is 14.8 Å². The van der Waals surface area contributed by atoms with Gasteiger partial charge in [-0.15, -0.1) is 0 Å². The number of anilines is 1. The number of nitrogens with zero attached hydrogens (tertiary/aromatic N) is 3. The van der Waals surface area contributed by atoms with Gasteiger partial charge in [-0.25, -0.2) is 9.67 Å². The molecule has 0 spiro atoms. The zero-order chi connectivity index (χ0) is 13.8. The van der Waals surface area contributed by atoms with E-state index in [9.17, 15) is 9.59 Å². The monoisotopic (exact) mass is 258 g/mol. The number of hydrogen-bond acceptors (Lipinski definition) is 4. The molecule has 0 bridgehead atoms. The molecule has 0 saturated heterocycles. The minimum Gasteiger partial charge on any atom is -0.309 e. The summed E-state index contributed by atoms with van der Waals surface area (Å²) in [4.78, 5) is 27.7. The Labute approximate surface area is 110 Å². The van der Waals surface area contributed by atoms with E-state index < -0.39 is 6.04 Å². The molecule has 2 aromatic rings. The van der Waals surface area contributed by atoms with Gasteiger partial charge in [0.2, 0.25) is 5.91 Å². The van der Waals surface area contributed by atoms with Crippen LogP contribution in [0.4, 0.5) is 5.82 Å². The van der Waals surface area contributed by atoms with Crippen LogP contribution in [0.15, 0.2) is 41.3 Å². The van der Waals surface area contributed by atoms with Gasteiger partial charge in [0.25, 0.3) is 5.56 Å². The molecule has 6 nitrogen and oxygen atoms in total. The summed E-state index contributed by atoms with van der Waals surface area (Å²) in [6.07, 6.45) is 1.58. The number of pyridine rings is 1. The summed E-state index contributed by atoms with van der Waals surface area (Å²) < 4.78 is 1.16. The molecule has 0 fully saturated rings. The van der Waals surface area contributed by atoms with Crippen molar-refractivity contribution in [3.63, 3.8) is 0 Å². The van der Waals surface area contributed by atoms with Crippen molar-refractivity contribution in [2.45, 2.75) is 19.9 Å². The van der Waals surface area contributed by atoms with Crippen molar-refractivity contribution in [3.05, 3.63) is 52.6 Å². The van der Waals surface area contributed by atoms with E-state index in [1.165, 1.54) is 6.07 Å². The van der Waals surface area contributed by atoms with E-state index in [1.807, 2.05) is 0 Å². The Morgan fingerprint density at radius 1 is 1.32 bits per heavy atom. The van der Waals surface area contributed by atoms with E-state index in [4.69, 9.17) is 0 Å². The summed E-state index contributed by atoms with van der Waals surface area (Å²) in [6.45, 7) is 3.38. The quantitative estimate of drug-likeness (QED) is 0.895. The number of rotatable bonds is 3. The van der Waals surface area contributed by atoms with E-state index >= 15 is 0 Å². The van der Waals surface area contributed by atoms with E-state index in [-0.39, 0.29) is 11.5 Å². The Balaban J connectivity index is 2.20. The first-order valence-corrected chi connectivity index (χ1v) is 5.86. The lowest BCUT2D eigenvalue weighted by molar-refractivity contribution is -0.119. The van der Waals surface area contributed by atoms with Crippen LogP contribution in [-0.4, -0.2) is 20.7 Å². The molecule has 2 aromatic heterocycles. The van der Waals surface area contributed by atoms with Gasteiger partial charge in [0.05, 0.1) is 5.69 Å². The molecular weight excluding hydrogens is 244 g/mol. The molecule has 2 heterocycles. The summed E-state index contributed by atoms with van der Waals surface area (Å²) in [5.74, 6) is 0.110. The second kappa shape index (κ2) is 5.43. The van der Waals surface area contributed by atoms with Crippen molar-refractivity contribution in [2.75, 3.05) is 5.32 Å². The fourth-order valence-corrected chi connectivity index (χ4v) is 1.58. The molecule has 0 saturated carbocycles. The SMILES string of the molecule is Cc1ccc(=O)n(C(C)C(=O)Nc2ccccn2)n1. The van der Waals surface area contributed by atoms with E-state index in [1.54, 1.807) is 44.3 Å².